The van der Waals surface area contributed by atoms with Crippen molar-refractivity contribution in [1.82, 2.24) is 5.32 Å². The number of hydrogen-bond donors (Lipinski definition) is 1. The first-order valence-electron chi connectivity index (χ1n) is 12.8. The molecule has 2 aliphatic rings. The molecule has 0 unspecified atom stereocenters. The molecule has 5 nitrogen and oxygen atoms in total. The van der Waals surface area contributed by atoms with Gasteiger partial charge < -0.3 is 14.8 Å². The minimum atomic E-state index is -0.504. The van der Waals surface area contributed by atoms with Gasteiger partial charge in [-0.05, 0) is 54.2 Å². The lowest BCUT2D eigenvalue weighted by molar-refractivity contribution is -0.139. The Kier molecular flexibility index (Phi) is 7.79. The first-order valence-corrected chi connectivity index (χ1v) is 13.6. The first kappa shape index (κ1) is 26.0. The molecule has 0 amide bonds. The number of ketones is 1. The lowest BCUT2D eigenvalue weighted by Gasteiger charge is -2.37. The summed E-state index contributed by atoms with van der Waals surface area (Å²) in [6, 6.07) is 25.6. The highest BCUT2D eigenvalue weighted by atomic mass is 79.9. The van der Waals surface area contributed by atoms with E-state index in [2.05, 4.69) is 21.2 Å². The standard InChI is InChI=1S/C32H30BrNO4/c1-20-29(32(36)38-17-16-21-8-4-3-5-9-21)30(25-10-6-7-11-26(25)33)31-27(34-20)18-23(19-28(31)35)22-12-14-24(37-2)15-13-22/h3-15,23,30,34H,16-19H2,1-2H3/t23-,30-/m1/s1. The Balaban J connectivity index is 1.46. The molecule has 0 saturated heterocycles. The minimum Gasteiger partial charge on any atom is -0.497 e. The molecule has 1 heterocycles. The number of methoxy groups -OCH3 is 1. The molecule has 2 atom stereocenters. The number of hydrogen-bond acceptors (Lipinski definition) is 5. The maximum absolute atomic E-state index is 13.8. The van der Waals surface area contributed by atoms with Crippen molar-refractivity contribution < 1.29 is 19.1 Å². The van der Waals surface area contributed by atoms with Crippen molar-refractivity contribution in [3.63, 3.8) is 0 Å². The summed E-state index contributed by atoms with van der Waals surface area (Å²) < 4.78 is 11.9. The van der Waals surface area contributed by atoms with Crippen LogP contribution in [0.1, 0.15) is 48.3 Å². The number of nitrogens with one attached hydrogen (secondary N) is 1. The molecular weight excluding hydrogens is 542 g/mol. The fourth-order valence-electron chi connectivity index (χ4n) is 5.43. The number of carbonyl (C=O) groups excluding carboxylic acids is 2. The first-order chi connectivity index (χ1) is 18.5. The molecule has 0 radical (unpaired) electrons. The maximum Gasteiger partial charge on any atom is 0.336 e. The number of benzene rings is 3. The van der Waals surface area contributed by atoms with E-state index >= 15 is 0 Å². The second-order valence-electron chi connectivity index (χ2n) is 9.68. The zero-order valence-electron chi connectivity index (χ0n) is 21.5. The normalized spacial score (nSPS) is 19.1. The van der Waals surface area contributed by atoms with Gasteiger partial charge in [-0.2, -0.15) is 0 Å². The molecule has 0 saturated carbocycles. The lowest BCUT2D eigenvalue weighted by atomic mass is 9.71. The smallest absolute Gasteiger partial charge is 0.336 e. The van der Waals surface area contributed by atoms with Crippen LogP contribution in [0.4, 0.5) is 0 Å². The molecule has 3 aromatic carbocycles. The third-order valence-corrected chi connectivity index (χ3v) is 8.04. The molecular formula is C32H30BrNO4. The summed E-state index contributed by atoms with van der Waals surface area (Å²) in [6.07, 6.45) is 1.69. The van der Waals surface area contributed by atoms with Crippen LogP contribution >= 0.6 is 15.9 Å². The van der Waals surface area contributed by atoms with E-state index in [1.165, 1.54) is 0 Å². The Morgan fingerprint density at radius 2 is 1.68 bits per heavy atom. The van der Waals surface area contributed by atoms with Crippen LogP contribution in [0.25, 0.3) is 0 Å². The van der Waals surface area contributed by atoms with Gasteiger partial charge in [-0.15, -0.1) is 0 Å². The molecule has 1 aliphatic heterocycles. The Morgan fingerprint density at radius 3 is 2.39 bits per heavy atom. The molecule has 0 aromatic heterocycles. The molecule has 3 aromatic rings. The maximum atomic E-state index is 13.8. The SMILES string of the molecule is COc1ccc([C@H]2CC(=O)C3=C(C2)NC(C)=C(C(=O)OCCc2ccccc2)[C@H]3c2ccccc2Br)cc1. The van der Waals surface area contributed by atoms with Crippen LogP contribution in [0.15, 0.2) is 106 Å². The molecule has 0 bridgehead atoms. The summed E-state index contributed by atoms with van der Waals surface area (Å²) in [5, 5.41) is 3.43. The number of dihydropyridines is 1. The molecule has 38 heavy (non-hydrogen) atoms. The van der Waals surface area contributed by atoms with Crippen molar-refractivity contribution in [2.45, 2.75) is 38.0 Å². The third-order valence-electron chi connectivity index (χ3n) is 7.32. The van der Waals surface area contributed by atoms with E-state index in [0.29, 0.717) is 30.4 Å². The average Bonchev–Trinajstić information content (AvgIpc) is 2.93. The van der Waals surface area contributed by atoms with E-state index in [1.807, 2.05) is 85.8 Å². The van der Waals surface area contributed by atoms with Crippen LogP contribution < -0.4 is 10.1 Å². The van der Waals surface area contributed by atoms with Crippen molar-refractivity contribution >= 4 is 27.7 Å². The highest BCUT2D eigenvalue weighted by Gasteiger charge is 2.42. The van der Waals surface area contributed by atoms with E-state index in [-0.39, 0.29) is 18.3 Å². The molecule has 5 rings (SSSR count). The van der Waals surface area contributed by atoms with Gasteiger partial charge in [-0.3, -0.25) is 4.79 Å². The summed E-state index contributed by atoms with van der Waals surface area (Å²) in [5.41, 5.74) is 5.82. The average molecular weight is 572 g/mol. The number of allylic oxidation sites excluding steroid dienone is 3. The highest BCUT2D eigenvalue weighted by molar-refractivity contribution is 9.10. The zero-order chi connectivity index (χ0) is 26.6. The van der Waals surface area contributed by atoms with Gasteiger partial charge in [0.15, 0.2) is 5.78 Å². The number of halogens is 1. The molecule has 1 aliphatic carbocycles. The van der Waals surface area contributed by atoms with Gasteiger partial charge in [0.25, 0.3) is 0 Å². The summed E-state index contributed by atoms with van der Waals surface area (Å²) in [4.78, 5) is 27.3. The van der Waals surface area contributed by atoms with Crippen LogP contribution in [-0.2, 0) is 20.7 Å². The molecule has 0 spiro atoms. The summed E-state index contributed by atoms with van der Waals surface area (Å²) >= 11 is 3.67. The number of carbonyl (C=O) groups is 2. The molecule has 0 fully saturated rings. The predicted molar refractivity (Wildman–Crippen MR) is 151 cm³/mol. The second-order valence-corrected chi connectivity index (χ2v) is 10.5. The fourth-order valence-corrected chi connectivity index (χ4v) is 5.94. The Bertz CT molecular complexity index is 1410. The highest BCUT2D eigenvalue weighted by Crippen LogP contribution is 2.47. The fraction of sp³-hybridized carbons (Fsp3) is 0.250. The summed E-state index contributed by atoms with van der Waals surface area (Å²) in [5.74, 6) is -0.0254. The van der Waals surface area contributed by atoms with Crippen molar-refractivity contribution in [1.29, 1.82) is 0 Å². The number of Topliss-reactive ketones (excluding diaryl/α,β-unsaturated/α-hetero) is 1. The molecule has 1 N–H and O–H groups in total. The number of ether oxygens (including phenoxy) is 2. The zero-order valence-corrected chi connectivity index (χ0v) is 23.1. The molecule has 6 heteroatoms. The molecule has 194 valence electrons. The van der Waals surface area contributed by atoms with Gasteiger partial charge in [-0.1, -0.05) is 76.6 Å². The van der Waals surface area contributed by atoms with Gasteiger partial charge in [0, 0.05) is 40.2 Å². The van der Waals surface area contributed by atoms with E-state index in [4.69, 9.17) is 9.47 Å². The van der Waals surface area contributed by atoms with Crippen molar-refractivity contribution in [2.24, 2.45) is 0 Å². The van der Waals surface area contributed by atoms with Crippen LogP contribution in [-0.4, -0.2) is 25.5 Å². The predicted octanol–water partition coefficient (Wildman–Crippen LogP) is 6.61. The monoisotopic (exact) mass is 571 g/mol. The van der Waals surface area contributed by atoms with Gasteiger partial charge in [0.1, 0.15) is 5.75 Å². The Hall–Kier alpha value is -3.64. The Morgan fingerprint density at radius 1 is 0.974 bits per heavy atom. The van der Waals surface area contributed by atoms with E-state index in [0.717, 1.165) is 38.3 Å². The van der Waals surface area contributed by atoms with Gasteiger partial charge in [-0.25, -0.2) is 4.79 Å². The van der Waals surface area contributed by atoms with Crippen molar-refractivity contribution in [3.8, 4) is 5.75 Å². The van der Waals surface area contributed by atoms with E-state index < -0.39 is 11.9 Å². The van der Waals surface area contributed by atoms with Crippen LogP contribution in [0, 0.1) is 0 Å². The van der Waals surface area contributed by atoms with Gasteiger partial charge in [0.2, 0.25) is 0 Å². The van der Waals surface area contributed by atoms with Gasteiger partial charge in [0.05, 0.1) is 19.3 Å². The topological polar surface area (TPSA) is 64.6 Å². The van der Waals surface area contributed by atoms with Crippen molar-refractivity contribution in [2.75, 3.05) is 13.7 Å². The number of esters is 1. The summed E-state index contributed by atoms with van der Waals surface area (Å²) in [7, 11) is 1.64. The summed E-state index contributed by atoms with van der Waals surface area (Å²) in [6.45, 7) is 2.16. The van der Waals surface area contributed by atoms with E-state index in [9.17, 15) is 9.59 Å². The van der Waals surface area contributed by atoms with Crippen molar-refractivity contribution in [3.05, 3.63) is 123 Å². The quantitative estimate of drug-likeness (QED) is 0.323. The second kappa shape index (κ2) is 11.4. The largest absolute Gasteiger partial charge is 0.497 e. The van der Waals surface area contributed by atoms with Crippen LogP contribution in [0.3, 0.4) is 0 Å². The van der Waals surface area contributed by atoms with E-state index in [1.54, 1.807) is 7.11 Å². The van der Waals surface area contributed by atoms with Gasteiger partial charge >= 0.3 is 5.97 Å². The lowest BCUT2D eigenvalue weighted by Crippen LogP contribution is -2.36. The van der Waals surface area contributed by atoms with Crippen LogP contribution in [0.2, 0.25) is 0 Å². The van der Waals surface area contributed by atoms with Crippen LogP contribution in [0.5, 0.6) is 5.75 Å². The Labute approximate surface area is 231 Å². The number of rotatable bonds is 7. The third kappa shape index (κ3) is 5.32. The minimum absolute atomic E-state index is 0.0439.